The molecule has 1 aromatic carbocycles. The van der Waals surface area contributed by atoms with Gasteiger partial charge in [0.1, 0.15) is 5.75 Å². The quantitative estimate of drug-likeness (QED) is 0.615. The molecule has 0 spiro atoms. The molecule has 142 valence electrons. The first-order chi connectivity index (χ1) is 11.6. The monoisotopic (exact) mass is 362 g/mol. The van der Waals surface area contributed by atoms with Gasteiger partial charge in [0, 0.05) is 6.61 Å². The summed E-state index contributed by atoms with van der Waals surface area (Å²) in [7, 11) is -1.78. The van der Waals surface area contributed by atoms with E-state index in [1.54, 1.807) is 0 Å². The highest BCUT2D eigenvalue weighted by atomic mass is 28.4. The Morgan fingerprint density at radius 1 is 1.28 bits per heavy atom. The molecule has 0 aromatic heterocycles. The number of benzene rings is 1. The standard InChI is InChI=1S/C22H38O2Si/c1-16(9-8-14-23)20-12-10-18-15-19(11-13-21(18)17(20)2)24-25(6,7)22(3,4)5/h11,13,15-17,20,23H,8-10,12,14H2,1-7H3. The van der Waals surface area contributed by atoms with E-state index in [0.29, 0.717) is 18.4 Å². The number of fused-ring (bicyclic) bond motifs is 1. The van der Waals surface area contributed by atoms with Crippen molar-refractivity contribution in [3.05, 3.63) is 29.3 Å². The number of rotatable bonds is 6. The molecule has 0 saturated heterocycles. The highest BCUT2D eigenvalue weighted by Crippen LogP contribution is 2.43. The third-order valence-electron chi connectivity index (χ3n) is 6.72. The van der Waals surface area contributed by atoms with Gasteiger partial charge in [-0.05, 0) is 84.8 Å². The van der Waals surface area contributed by atoms with Crippen LogP contribution >= 0.6 is 0 Å². The average molecular weight is 363 g/mol. The van der Waals surface area contributed by atoms with Crippen molar-refractivity contribution in [1.29, 1.82) is 0 Å². The van der Waals surface area contributed by atoms with Gasteiger partial charge < -0.3 is 9.53 Å². The summed E-state index contributed by atoms with van der Waals surface area (Å²) in [5.74, 6) is 3.06. The molecule has 0 bridgehead atoms. The maximum atomic E-state index is 9.11. The van der Waals surface area contributed by atoms with Crippen LogP contribution in [0, 0.1) is 11.8 Å². The van der Waals surface area contributed by atoms with E-state index in [2.05, 4.69) is 65.9 Å². The largest absolute Gasteiger partial charge is 0.543 e. The van der Waals surface area contributed by atoms with Crippen LogP contribution in [0.25, 0.3) is 0 Å². The number of hydrogen-bond donors (Lipinski definition) is 1. The molecule has 0 radical (unpaired) electrons. The average Bonchev–Trinajstić information content (AvgIpc) is 2.51. The van der Waals surface area contributed by atoms with E-state index in [1.165, 1.54) is 17.5 Å². The lowest BCUT2D eigenvalue weighted by Crippen LogP contribution is -2.43. The van der Waals surface area contributed by atoms with Crippen LogP contribution in [0.3, 0.4) is 0 Å². The molecule has 2 nitrogen and oxygen atoms in total. The maximum Gasteiger partial charge on any atom is 0.250 e. The molecule has 3 heteroatoms. The minimum absolute atomic E-state index is 0.226. The van der Waals surface area contributed by atoms with Crippen LogP contribution in [0.1, 0.15) is 70.9 Å². The maximum absolute atomic E-state index is 9.11. The minimum atomic E-state index is -1.78. The van der Waals surface area contributed by atoms with E-state index >= 15 is 0 Å². The van der Waals surface area contributed by atoms with Gasteiger partial charge in [0.25, 0.3) is 0 Å². The molecule has 0 heterocycles. The summed E-state index contributed by atoms with van der Waals surface area (Å²) in [5.41, 5.74) is 2.99. The molecule has 25 heavy (non-hydrogen) atoms. The van der Waals surface area contributed by atoms with Crippen LogP contribution in [0.4, 0.5) is 0 Å². The lowest BCUT2D eigenvalue weighted by molar-refractivity contribution is 0.226. The third-order valence-corrected chi connectivity index (χ3v) is 11.1. The zero-order valence-electron chi connectivity index (χ0n) is 17.4. The van der Waals surface area contributed by atoms with Gasteiger partial charge in [-0.2, -0.15) is 0 Å². The first kappa shape index (κ1) is 20.5. The summed E-state index contributed by atoms with van der Waals surface area (Å²) in [4.78, 5) is 0. The SMILES string of the molecule is CC(CCCO)C1CCc2cc(O[Si](C)(C)C(C)(C)C)ccc2C1C. The number of hydrogen-bond acceptors (Lipinski definition) is 2. The van der Waals surface area contributed by atoms with Crippen LogP contribution in [0.2, 0.25) is 18.1 Å². The summed E-state index contributed by atoms with van der Waals surface area (Å²) in [5, 5.41) is 9.33. The van der Waals surface area contributed by atoms with E-state index in [1.807, 2.05) is 0 Å². The van der Waals surface area contributed by atoms with Crippen molar-refractivity contribution in [3.63, 3.8) is 0 Å². The Morgan fingerprint density at radius 2 is 1.96 bits per heavy atom. The second kappa shape index (κ2) is 7.83. The summed E-state index contributed by atoms with van der Waals surface area (Å²) in [6, 6.07) is 6.81. The fourth-order valence-corrected chi connectivity index (χ4v) is 4.98. The Balaban J connectivity index is 2.15. The van der Waals surface area contributed by atoms with Crippen LogP contribution in [0.15, 0.2) is 18.2 Å². The molecule has 0 saturated carbocycles. The lowest BCUT2D eigenvalue weighted by atomic mass is 9.70. The van der Waals surface area contributed by atoms with E-state index in [0.717, 1.165) is 30.9 Å². The number of aliphatic hydroxyl groups is 1. The molecule has 2 rings (SSSR count). The Kier molecular flexibility index (Phi) is 6.43. The second-order valence-corrected chi connectivity index (χ2v) is 14.3. The smallest absolute Gasteiger partial charge is 0.250 e. The molecular weight excluding hydrogens is 324 g/mol. The van der Waals surface area contributed by atoms with Gasteiger partial charge in [-0.25, -0.2) is 0 Å². The Labute approximate surface area is 156 Å². The van der Waals surface area contributed by atoms with Gasteiger partial charge in [-0.1, -0.05) is 40.7 Å². The molecule has 1 aliphatic rings. The molecule has 0 amide bonds. The van der Waals surface area contributed by atoms with Crippen molar-refractivity contribution in [3.8, 4) is 5.75 Å². The van der Waals surface area contributed by atoms with E-state index in [4.69, 9.17) is 9.53 Å². The molecule has 1 aromatic rings. The van der Waals surface area contributed by atoms with Crippen LogP contribution in [-0.4, -0.2) is 20.0 Å². The van der Waals surface area contributed by atoms with Crippen molar-refractivity contribution >= 4 is 8.32 Å². The predicted octanol–water partition coefficient (Wildman–Crippen LogP) is 6.15. The zero-order chi connectivity index (χ0) is 18.8. The zero-order valence-corrected chi connectivity index (χ0v) is 18.4. The summed E-state index contributed by atoms with van der Waals surface area (Å²) < 4.78 is 6.51. The lowest BCUT2D eigenvalue weighted by Gasteiger charge is -2.38. The Bertz CT molecular complexity index is 574. The minimum Gasteiger partial charge on any atom is -0.543 e. The van der Waals surface area contributed by atoms with Gasteiger partial charge in [0.2, 0.25) is 8.32 Å². The molecule has 1 N–H and O–H groups in total. The van der Waals surface area contributed by atoms with E-state index < -0.39 is 8.32 Å². The van der Waals surface area contributed by atoms with Gasteiger partial charge in [0.05, 0.1) is 0 Å². The summed E-state index contributed by atoms with van der Waals surface area (Å²) >= 11 is 0. The molecule has 0 aliphatic heterocycles. The molecule has 0 fully saturated rings. The van der Waals surface area contributed by atoms with Gasteiger partial charge in [-0.3, -0.25) is 0 Å². The summed E-state index contributed by atoms with van der Waals surface area (Å²) in [6.07, 6.45) is 4.47. The van der Waals surface area contributed by atoms with E-state index in [9.17, 15) is 0 Å². The Hall–Kier alpha value is -0.803. The van der Waals surface area contributed by atoms with Gasteiger partial charge in [0.15, 0.2) is 0 Å². The normalized spacial score (nSPS) is 22.4. The predicted molar refractivity (Wildman–Crippen MR) is 110 cm³/mol. The Morgan fingerprint density at radius 3 is 2.56 bits per heavy atom. The van der Waals surface area contributed by atoms with E-state index in [-0.39, 0.29) is 5.04 Å². The molecule has 3 atom stereocenters. The van der Waals surface area contributed by atoms with Crippen LogP contribution in [-0.2, 0) is 6.42 Å². The first-order valence-corrected chi connectivity index (χ1v) is 12.9. The van der Waals surface area contributed by atoms with Crippen LogP contribution < -0.4 is 4.43 Å². The topological polar surface area (TPSA) is 29.5 Å². The summed E-state index contributed by atoms with van der Waals surface area (Å²) in [6.45, 7) is 16.6. The van der Waals surface area contributed by atoms with Crippen molar-refractivity contribution < 1.29 is 9.53 Å². The number of aryl methyl sites for hydroxylation is 1. The fourth-order valence-electron chi connectivity index (χ4n) is 3.96. The molecule has 1 aliphatic carbocycles. The fraction of sp³-hybridized carbons (Fsp3) is 0.727. The second-order valence-electron chi connectivity index (χ2n) is 9.56. The van der Waals surface area contributed by atoms with Crippen LogP contribution in [0.5, 0.6) is 5.75 Å². The third kappa shape index (κ3) is 4.68. The van der Waals surface area contributed by atoms with Crippen molar-refractivity contribution in [2.45, 2.75) is 84.4 Å². The molecular formula is C22H38O2Si. The highest BCUT2D eigenvalue weighted by Gasteiger charge is 2.39. The van der Waals surface area contributed by atoms with Crippen molar-refractivity contribution in [2.24, 2.45) is 11.8 Å². The van der Waals surface area contributed by atoms with Crippen molar-refractivity contribution in [2.75, 3.05) is 6.61 Å². The first-order valence-electron chi connectivity index (χ1n) is 9.99. The highest BCUT2D eigenvalue weighted by molar-refractivity contribution is 6.74. The van der Waals surface area contributed by atoms with Gasteiger partial charge >= 0.3 is 0 Å². The number of aliphatic hydroxyl groups excluding tert-OH is 1. The van der Waals surface area contributed by atoms with Gasteiger partial charge in [-0.15, -0.1) is 0 Å². The van der Waals surface area contributed by atoms with Crippen molar-refractivity contribution in [1.82, 2.24) is 0 Å². The molecule has 3 unspecified atom stereocenters.